The van der Waals surface area contributed by atoms with Gasteiger partial charge in [-0.2, -0.15) is 5.10 Å². The summed E-state index contributed by atoms with van der Waals surface area (Å²) in [6.07, 6.45) is 5.81. The summed E-state index contributed by atoms with van der Waals surface area (Å²) in [6, 6.07) is 13.9. The molecule has 5 nitrogen and oxygen atoms in total. The van der Waals surface area contributed by atoms with Crippen molar-refractivity contribution < 1.29 is 5.11 Å². The van der Waals surface area contributed by atoms with Crippen LogP contribution in [0.3, 0.4) is 0 Å². The zero-order valence-corrected chi connectivity index (χ0v) is 13.8. The number of aliphatic hydroxyl groups excluding tert-OH is 1. The lowest BCUT2D eigenvalue weighted by Crippen LogP contribution is -2.28. The lowest BCUT2D eigenvalue weighted by Gasteiger charge is -2.12. The first-order chi connectivity index (χ1) is 11.7. The summed E-state index contributed by atoms with van der Waals surface area (Å²) in [5, 5.41) is 18.0. The molecule has 2 N–H and O–H groups in total. The molecule has 0 spiro atoms. The van der Waals surface area contributed by atoms with E-state index in [2.05, 4.69) is 15.4 Å². The van der Waals surface area contributed by atoms with Crippen LogP contribution in [-0.2, 0) is 20.0 Å². The molecule has 124 valence electrons. The maximum absolute atomic E-state index is 10.2. The van der Waals surface area contributed by atoms with Crippen LogP contribution in [0.5, 0.6) is 0 Å². The number of hydrogen-bond acceptors (Lipinski definition) is 4. The number of aliphatic hydroxyl groups is 1. The fourth-order valence-electron chi connectivity index (χ4n) is 2.74. The van der Waals surface area contributed by atoms with Crippen molar-refractivity contribution in [2.45, 2.75) is 19.1 Å². The molecule has 0 saturated carbocycles. The van der Waals surface area contributed by atoms with Crippen LogP contribution in [0.25, 0.3) is 11.3 Å². The predicted octanol–water partition coefficient (Wildman–Crippen LogP) is 2.18. The fourth-order valence-corrected chi connectivity index (χ4v) is 2.74. The molecule has 2 aromatic heterocycles. The Kier molecular flexibility index (Phi) is 5.36. The van der Waals surface area contributed by atoms with Crippen LogP contribution in [0.2, 0.25) is 0 Å². The average Bonchev–Trinajstić information content (AvgIpc) is 2.97. The Balaban J connectivity index is 1.57. The van der Waals surface area contributed by atoms with E-state index >= 15 is 0 Å². The molecule has 1 aromatic carbocycles. The van der Waals surface area contributed by atoms with Crippen LogP contribution in [-0.4, -0.2) is 32.5 Å². The van der Waals surface area contributed by atoms with Gasteiger partial charge >= 0.3 is 0 Å². The molecule has 0 aliphatic rings. The van der Waals surface area contributed by atoms with Crippen molar-refractivity contribution in [2.24, 2.45) is 7.05 Å². The molecule has 0 aliphatic heterocycles. The molecule has 1 atom stereocenters. The number of pyridine rings is 1. The van der Waals surface area contributed by atoms with Crippen LogP contribution < -0.4 is 5.32 Å². The Morgan fingerprint density at radius 1 is 1.17 bits per heavy atom. The van der Waals surface area contributed by atoms with Gasteiger partial charge in [0.05, 0.1) is 11.8 Å². The third-order valence-electron chi connectivity index (χ3n) is 3.85. The number of nitrogens with zero attached hydrogens (tertiary/aromatic N) is 3. The molecule has 0 fully saturated rings. The van der Waals surface area contributed by atoms with Gasteiger partial charge in [-0.25, -0.2) is 0 Å². The standard InChI is InChI=1S/C19H22N4O/c1-23-14-17(19(22-23)16-8-5-9-20-11-16)12-21-13-18(24)10-15-6-3-2-4-7-15/h2-9,11,14,18,21,24H,10,12-13H2,1H3. The van der Waals surface area contributed by atoms with Gasteiger partial charge in [0.1, 0.15) is 0 Å². The van der Waals surface area contributed by atoms with Gasteiger partial charge < -0.3 is 10.4 Å². The topological polar surface area (TPSA) is 63.0 Å². The number of aryl methyl sites for hydroxylation is 1. The molecular formula is C19H22N4O. The van der Waals surface area contributed by atoms with E-state index in [0.717, 1.165) is 22.4 Å². The highest BCUT2D eigenvalue weighted by molar-refractivity contribution is 5.61. The first-order valence-electron chi connectivity index (χ1n) is 8.08. The van der Waals surface area contributed by atoms with Crippen LogP contribution in [0.1, 0.15) is 11.1 Å². The third kappa shape index (κ3) is 4.28. The molecule has 1 unspecified atom stereocenters. The molecule has 0 aliphatic carbocycles. The first kappa shape index (κ1) is 16.4. The van der Waals surface area contributed by atoms with Gasteiger partial charge in [0.2, 0.25) is 0 Å². The quantitative estimate of drug-likeness (QED) is 0.700. The zero-order valence-electron chi connectivity index (χ0n) is 13.8. The Hall–Kier alpha value is -2.50. The summed E-state index contributed by atoms with van der Waals surface area (Å²) in [4.78, 5) is 4.16. The number of aromatic nitrogens is 3. The zero-order chi connectivity index (χ0) is 16.8. The lowest BCUT2D eigenvalue weighted by molar-refractivity contribution is 0.171. The Morgan fingerprint density at radius 3 is 2.75 bits per heavy atom. The van der Waals surface area contributed by atoms with E-state index in [1.54, 1.807) is 10.9 Å². The highest BCUT2D eigenvalue weighted by atomic mass is 16.3. The summed E-state index contributed by atoms with van der Waals surface area (Å²) in [5.41, 5.74) is 4.16. The summed E-state index contributed by atoms with van der Waals surface area (Å²) < 4.78 is 1.81. The van der Waals surface area contributed by atoms with E-state index in [0.29, 0.717) is 19.5 Å². The summed E-state index contributed by atoms with van der Waals surface area (Å²) in [6.45, 7) is 1.19. The fraction of sp³-hybridized carbons (Fsp3) is 0.263. The minimum absolute atomic E-state index is 0.411. The van der Waals surface area contributed by atoms with E-state index in [1.807, 2.05) is 61.9 Å². The summed E-state index contributed by atoms with van der Waals surface area (Å²) in [7, 11) is 1.91. The minimum Gasteiger partial charge on any atom is -0.391 e. The van der Waals surface area contributed by atoms with Gasteiger partial charge in [-0.05, 0) is 24.1 Å². The first-order valence-corrected chi connectivity index (χ1v) is 8.08. The minimum atomic E-state index is -0.411. The van der Waals surface area contributed by atoms with Gasteiger partial charge in [-0.3, -0.25) is 9.67 Å². The van der Waals surface area contributed by atoms with Crippen molar-refractivity contribution in [1.82, 2.24) is 20.1 Å². The summed E-state index contributed by atoms with van der Waals surface area (Å²) >= 11 is 0. The van der Waals surface area contributed by atoms with Crippen molar-refractivity contribution in [1.29, 1.82) is 0 Å². The molecular weight excluding hydrogens is 300 g/mol. The molecule has 0 amide bonds. The molecule has 0 bridgehead atoms. The van der Waals surface area contributed by atoms with Gasteiger partial charge in [0, 0.05) is 49.9 Å². The van der Waals surface area contributed by atoms with Gasteiger partial charge in [-0.1, -0.05) is 30.3 Å². The second-order valence-corrected chi connectivity index (χ2v) is 5.89. The number of nitrogens with one attached hydrogen (secondary N) is 1. The lowest BCUT2D eigenvalue weighted by atomic mass is 10.1. The monoisotopic (exact) mass is 322 g/mol. The maximum atomic E-state index is 10.2. The molecule has 2 heterocycles. The molecule has 0 saturated heterocycles. The maximum Gasteiger partial charge on any atom is 0.0983 e. The third-order valence-corrected chi connectivity index (χ3v) is 3.85. The van der Waals surface area contributed by atoms with E-state index in [4.69, 9.17) is 0 Å². The molecule has 24 heavy (non-hydrogen) atoms. The van der Waals surface area contributed by atoms with Gasteiger partial charge in [0.15, 0.2) is 0 Å². The normalized spacial score (nSPS) is 12.2. The van der Waals surface area contributed by atoms with Crippen LogP contribution in [0.15, 0.2) is 61.1 Å². The molecule has 3 rings (SSSR count). The van der Waals surface area contributed by atoms with Gasteiger partial charge in [-0.15, -0.1) is 0 Å². The predicted molar refractivity (Wildman–Crippen MR) is 94.3 cm³/mol. The van der Waals surface area contributed by atoms with Crippen LogP contribution in [0, 0.1) is 0 Å². The number of benzene rings is 1. The number of rotatable bonds is 7. The summed E-state index contributed by atoms with van der Waals surface area (Å²) in [5.74, 6) is 0. The van der Waals surface area contributed by atoms with E-state index in [1.165, 1.54) is 0 Å². The smallest absolute Gasteiger partial charge is 0.0983 e. The Morgan fingerprint density at radius 2 is 2.00 bits per heavy atom. The van der Waals surface area contributed by atoms with Crippen molar-refractivity contribution >= 4 is 0 Å². The van der Waals surface area contributed by atoms with Crippen molar-refractivity contribution in [2.75, 3.05) is 6.54 Å². The van der Waals surface area contributed by atoms with Crippen LogP contribution >= 0.6 is 0 Å². The van der Waals surface area contributed by atoms with Crippen molar-refractivity contribution in [3.63, 3.8) is 0 Å². The van der Waals surface area contributed by atoms with E-state index in [-0.39, 0.29) is 0 Å². The molecule has 0 radical (unpaired) electrons. The Bertz CT molecular complexity index is 756. The van der Waals surface area contributed by atoms with Gasteiger partial charge in [0.25, 0.3) is 0 Å². The molecule has 3 aromatic rings. The largest absolute Gasteiger partial charge is 0.391 e. The number of hydrogen-bond donors (Lipinski definition) is 2. The van der Waals surface area contributed by atoms with E-state index in [9.17, 15) is 5.11 Å². The second kappa shape index (κ2) is 7.86. The van der Waals surface area contributed by atoms with Crippen molar-refractivity contribution in [3.05, 3.63) is 72.2 Å². The SMILES string of the molecule is Cn1cc(CNCC(O)Cc2ccccc2)c(-c2cccnc2)n1. The Labute approximate surface area is 142 Å². The second-order valence-electron chi connectivity index (χ2n) is 5.89. The highest BCUT2D eigenvalue weighted by Gasteiger charge is 2.11. The van der Waals surface area contributed by atoms with Crippen molar-refractivity contribution in [3.8, 4) is 11.3 Å². The van der Waals surface area contributed by atoms with Crippen LogP contribution in [0.4, 0.5) is 0 Å². The molecule has 5 heteroatoms. The highest BCUT2D eigenvalue weighted by Crippen LogP contribution is 2.20. The average molecular weight is 322 g/mol. The van der Waals surface area contributed by atoms with E-state index < -0.39 is 6.10 Å².